The molecule has 8 nitrogen and oxygen atoms in total. The third-order valence-corrected chi connectivity index (χ3v) is 4.77. The fraction of sp³-hybridized carbons (Fsp3) is 0.261. The zero-order valence-corrected chi connectivity index (χ0v) is 18.0. The Labute approximate surface area is 180 Å². The number of aryl methyl sites for hydroxylation is 1. The van der Waals surface area contributed by atoms with Crippen molar-refractivity contribution in [2.75, 3.05) is 26.6 Å². The molecule has 0 aliphatic carbocycles. The van der Waals surface area contributed by atoms with Crippen LogP contribution in [0.25, 0.3) is 11.3 Å². The highest BCUT2D eigenvalue weighted by atomic mass is 16.5. The molecule has 0 aliphatic rings. The molecule has 1 N–H and O–H groups in total. The number of methoxy groups -OCH3 is 3. The van der Waals surface area contributed by atoms with Gasteiger partial charge in [-0.1, -0.05) is 19.1 Å². The molecule has 0 fully saturated rings. The van der Waals surface area contributed by atoms with Gasteiger partial charge in [0.2, 0.25) is 11.7 Å². The lowest BCUT2D eigenvalue weighted by Crippen LogP contribution is -2.29. The fourth-order valence-electron chi connectivity index (χ4n) is 3.11. The number of nitrogens with zero attached hydrogens (tertiary/aromatic N) is 2. The van der Waals surface area contributed by atoms with E-state index in [2.05, 4.69) is 17.3 Å². The molecule has 0 saturated carbocycles. The van der Waals surface area contributed by atoms with Crippen LogP contribution in [0.15, 0.2) is 53.3 Å². The number of benzene rings is 2. The van der Waals surface area contributed by atoms with Gasteiger partial charge in [0, 0.05) is 17.3 Å². The van der Waals surface area contributed by atoms with Crippen LogP contribution in [0.4, 0.5) is 5.69 Å². The molecule has 1 aromatic heterocycles. The number of aromatic nitrogens is 2. The van der Waals surface area contributed by atoms with Crippen LogP contribution in [0.3, 0.4) is 0 Å². The summed E-state index contributed by atoms with van der Waals surface area (Å²) in [5.74, 6) is 1.03. The standard InChI is InChI=1S/C23H25N3O5/c1-5-15-6-8-17(9-7-15)24-21(27)14-26-22(28)11-10-18(25-26)16-12-19(29-2)23(31-4)20(13-16)30-3/h6-13H,5,14H2,1-4H3,(H,24,27). The Bertz CT molecular complexity index is 1100. The maximum absolute atomic E-state index is 12.5. The summed E-state index contributed by atoms with van der Waals surface area (Å²) in [6.45, 7) is 1.85. The number of carbonyl (C=O) groups excluding carboxylic acids is 1. The van der Waals surface area contributed by atoms with Gasteiger partial charge in [0.05, 0.1) is 27.0 Å². The van der Waals surface area contributed by atoms with E-state index >= 15 is 0 Å². The lowest BCUT2D eigenvalue weighted by Gasteiger charge is -2.14. The summed E-state index contributed by atoms with van der Waals surface area (Å²) in [5, 5.41) is 7.13. The van der Waals surface area contributed by atoms with Crippen LogP contribution in [0.2, 0.25) is 0 Å². The topological polar surface area (TPSA) is 91.7 Å². The lowest BCUT2D eigenvalue weighted by atomic mass is 10.1. The molecule has 3 aromatic rings. The Balaban J connectivity index is 1.86. The van der Waals surface area contributed by atoms with Crippen LogP contribution in [0, 0.1) is 0 Å². The Hall–Kier alpha value is -3.81. The number of amides is 1. The number of carbonyl (C=O) groups is 1. The minimum absolute atomic E-state index is 0.216. The smallest absolute Gasteiger partial charge is 0.267 e. The summed E-state index contributed by atoms with van der Waals surface area (Å²) in [6, 6.07) is 14.0. The Morgan fingerprint density at radius 3 is 2.16 bits per heavy atom. The summed E-state index contributed by atoms with van der Waals surface area (Å²) >= 11 is 0. The molecule has 3 rings (SSSR count). The van der Waals surface area contributed by atoms with E-state index in [0.29, 0.717) is 34.2 Å². The van der Waals surface area contributed by atoms with E-state index in [9.17, 15) is 9.59 Å². The van der Waals surface area contributed by atoms with Gasteiger partial charge in [0.15, 0.2) is 11.5 Å². The summed E-state index contributed by atoms with van der Waals surface area (Å²) in [4.78, 5) is 24.7. The van der Waals surface area contributed by atoms with Crippen LogP contribution < -0.4 is 25.1 Å². The predicted octanol–water partition coefficient (Wildman–Crippen LogP) is 3.14. The Morgan fingerprint density at radius 1 is 0.968 bits per heavy atom. The molecule has 2 aromatic carbocycles. The molecule has 1 heterocycles. The minimum Gasteiger partial charge on any atom is -0.493 e. The highest BCUT2D eigenvalue weighted by Crippen LogP contribution is 2.40. The van der Waals surface area contributed by atoms with E-state index in [1.165, 1.54) is 33.0 Å². The van der Waals surface area contributed by atoms with Gasteiger partial charge < -0.3 is 19.5 Å². The number of nitrogens with one attached hydrogen (secondary N) is 1. The minimum atomic E-state index is -0.382. The molecule has 8 heteroatoms. The van der Waals surface area contributed by atoms with E-state index in [1.54, 1.807) is 18.2 Å². The van der Waals surface area contributed by atoms with Gasteiger partial charge in [-0.05, 0) is 42.3 Å². The van der Waals surface area contributed by atoms with Gasteiger partial charge in [-0.3, -0.25) is 9.59 Å². The third kappa shape index (κ3) is 5.03. The van der Waals surface area contributed by atoms with Gasteiger partial charge in [-0.15, -0.1) is 0 Å². The van der Waals surface area contributed by atoms with Gasteiger partial charge in [0.1, 0.15) is 6.54 Å². The van der Waals surface area contributed by atoms with E-state index in [4.69, 9.17) is 14.2 Å². The van der Waals surface area contributed by atoms with Gasteiger partial charge in [0.25, 0.3) is 5.56 Å². The van der Waals surface area contributed by atoms with E-state index in [-0.39, 0.29) is 18.0 Å². The zero-order chi connectivity index (χ0) is 22.4. The highest BCUT2D eigenvalue weighted by molar-refractivity contribution is 5.90. The van der Waals surface area contributed by atoms with Gasteiger partial charge in [-0.25, -0.2) is 4.68 Å². The quantitative estimate of drug-likeness (QED) is 0.599. The molecule has 0 atom stereocenters. The second-order valence-electron chi connectivity index (χ2n) is 6.73. The molecule has 0 bridgehead atoms. The average molecular weight is 423 g/mol. The first-order valence-corrected chi connectivity index (χ1v) is 9.76. The lowest BCUT2D eigenvalue weighted by molar-refractivity contribution is -0.117. The molecule has 1 amide bonds. The normalized spacial score (nSPS) is 10.5. The van der Waals surface area contributed by atoms with Crippen LogP contribution in [0.1, 0.15) is 12.5 Å². The summed E-state index contributed by atoms with van der Waals surface area (Å²) < 4.78 is 17.2. The van der Waals surface area contributed by atoms with Crippen molar-refractivity contribution in [3.8, 4) is 28.5 Å². The number of ether oxygens (including phenoxy) is 3. The molecule has 0 unspecified atom stereocenters. The summed E-state index contributed by atoms with van der Waals surface area (Å²) in [7, 11) is 4.56. The molecule has 31 heavy (non-hydrogen) atoms. The SMILES string of the molecule is CCc1ccc(NC(=O)Cn2nc(-c3cc(OC)c(OC)c(OC)c3)ccc2=O)cc1. The highest BCUT2D eigenvalue weighted by Gasteiger charge is 2.16. The van der Waals surface area contributed by atoms with Crippen molar-refractivity contribution >= 4 is 11.6 Å². The molecule has 0 spiro atoms. The maximum Gasteiger partial charge on any atom is 0.267 e. The average Bonchev–Trinajstić information content (AvgIpc) is 2.79. The second-order valence-corrected chi connectivity index (χ2v) is 6.73. The van der Waals surface area contributed by atoms with Crippen LogP contribution in [0.5, 0.6) is 17.2 Å². The molecule has 162 valence electrons. The predicted molar refractivity (Wildman–Crippen MR) is 118 cm³/mol. The number of hydrogen-bond donors (Lipinski definition) is 1. The zero-order valence-electron chi connectivity index (χ0n) is 18.0. The first-order valence-electron chi connectivity index (χ1n) is 9.76. The maximum atomic E-state index is 12.5. The van der Waals surface area contributed by atoms with Crippen LogP contribution in [-0.4, -0.2) is 37.0 Å². The van der Waals surface area contributed by atoms with Crippen molar-refractivity contribution in [1.29, 1.82) is 0 Å². The number of hydrogen-bond acceptors (Lipinski definition) is 6. The third-order valence-electron chi connectivity index (χ3n) is 4.77. The van der Waals surface area contributed by atoms with Gasteiger partial charge >= 0.3 is 0 Å². The number of anilines is 1. The fourth-order valence-corrected chi connectivity index (χ4v) is 3.11. The monoisotopic (exact) mass is 423 g/mol. The summed E-state index contributed by atoms with van der Waals surface area (Å²) in [6.07, 6.45) is 0.918. The van der Waals surface area contributed by atoms with E-state index in [1.807, 2.05) is 24.3 Å². The molecular weight excluding hydrogens is 398 g/mol. The molecular formula is C23H25N3O5. The van der Waals surface area contributed by atoms with Crippen LogP contribution >= 0.6 is 0 Å². The molecule has 0 radical (unpaired) electrons. The van der Waals surface area contributed by atoms with Gasteiger partial charge in [-0.2, -0.15) is 5.10 Å². The van der Waals surface area contributed by atoms with Crippen molar-refractivity contribution in [3.05, 3.63) is 64.4 Å². The Morgan fingerprint density at radius 2 is 1.61 bits per heavy atom. The van der Waals surface area contributed by atoms with Crippen molar-refractivity contribution in [2.45, 2.75) is 19.9 Å². The molecule has 0 aliphatic heterocycles. The van der Waals surface area contributed by atoms with Crippen molar-refractivity contribution in [3.63, 3.8) is 0 Å². The van der Waals surface area contributed by atoms with Crippen molar-refractivity contribution in [1.82, 2.24) is 9.78 Å². The molecule has 0 saturated heterocycles. The van der Waals surface area contributed by atoms with Crippen molar-refractivity contribution < 1.29 is 19.0 Å². The first kappa shape index (κ1) is 21.9. The second kappa shape index (κ2) is 9.80. The van der Waals surface area contributed by atoms with Crippen molar-refractivity contribution in [2.24, 2.45) is 0 Å². The first-order chi connectivity index (χ1) is 15.0. The van der Waals surface area contributed by atoms with E-state index in [0.717, 1.165) is 11.1 Å². The van der Waals surface area contributed by atoms with Crippen LogP contribution in [-0.2, 0) is 17.8 Å². The van der Waals surface area contributed by atoms with E-state index < -0.39 is 0 Å². The largest absolute Gasteiger partial charge is 0.493 e. The number of rotatable bonds is 8. The summed E-state index contributed by atoms with van der Waals surface area (Å²) in [5.41, 5.74) is 2.59. The Kier molecular flexibility index (Phi) is 6.92.